The Hall–Kier alpha value is -2.65. The Bertz CT molecular complexity index is 797. The highest BCUT2D eigenvalue weighted by atomic mass is 35.5. The second-order valence-electron chi connectivity index (χ2n) is 5.82. The van der Waals surface area contributed by atoms with E-state index in [9.17, 15) is 4.79 Å². The molecule has 0 saturated carbocycles. The molecule has 0 aliphatic heterocycles. The molecule has 0 atom stereocenters. The maximum atomic E-state index is 12.3. The van der Waals surface area contributed by atoms with Crippen molar-refractivity contribution in [2.45, 2.75) is 26.2 Å². The van der Waals surface area contributed by atoms with E-state index in [2.05, 4.69) is 20.5 Å². The van der Waals surface area contributed by atoms with Crippen LogP contribution in [-0.2, 0) is 5.41 Å². The molecule has 118 valence electrons. The van der Waals surface area contributed by atoms with E-state index in [-0.39, 0.29) is 16.9 Å². The van der Waals surface area contributed by atoms with Crippen molar-refractivity contribution < 1.29 is 9.32 Å². The zero-order chi connectivity index (χ0) is 17.0. The topological polar surface area (TPSA) is 71.8 Å². The summed E-state index contributed by atoms with van der Waals surface area (Å²) in [5.41, 5.74) is 2.98. The molecule has 0 aliphatic rings. The summed E-state index contributed by atoms with van der Waals surface area (Å²) in [7, 11) is 0. The van der Waals surface area contributed by atoms with E-state index in [1.807, 2.05) is 20.8 Å². The lowest BCUT2D eigenvalue weighted by atomic mass is 9.93. The molecule has 0 bridgehead atoms. The van der Waals surface area contributed by atoms with Crippen molar-refractivity contribution in [2.75, 3.05) is 5.43 Å². The molecule has 1 aromatic carbocycles. The molecule has 0 aliphatic carbocycles. The lowest BCUT2D eigenvalue weighted by Crippen LogP contribution is -2.13. The number of halogens is 1. The highest BCUT2D eigenvalue weighted by molar-refractivity contribution is 6.48. The Balaban J connectivity index is 2.20. The molecule has 23 heavy (non-hydrogen) atoms. The van der Waals surface area contributed by atoms with Gasteiger partial charge in [-0.05, 0) is 23.3 Å². The van der Waals surface area contributed by atoms with Crippen molar-refractivity contribution in [3.8, 4) is 0 Å². The molecule has 0 unspecified atom stereocenters. The smallest absolute Gasteiger partial charge is 0.343 e. The normalized spacial score (nSPS) is 11.9. The number of ketones is 1. The molecule has 7 heteroatoms. The highest BCUT2D eigenvalue weighted by Gasteiger charge is 2.24. The van der Waals surface area contributed by atoms with Crippen molar-refractivity contribution in [3.63, 3.8) is 0 Å². The molecule has 2 rings (SSSR count). The van der Waals surface area contributed by atoms with Gasteiger partial charge in [-0.1, -0.05) is 50.2 Å². The van der Waals surface area contributed by atoms with Crippen LogP contribution >= 0.6 is 11.6 Å². The molecule has 0 radical (unpaired) electrons. The lowest BCUT2D eigenvalue weighted by molar-refractivity contribution is 0.105. The summed E-state index contributed by atoms with van der Waals surface area (Å²) in [4.78, 5) is 15.4. The van der Waals surface area contributed by atoms with Gasteiger partial charge in [-0.2, -0.15) is 0 Å². The fourth-order valence-corrected chi connectivity index (χ4v) is 1.84. The standard InChI is InChI=1S/C16H15ClN4O2/c1-16(2,3)13-9-12(21-23-13)14(22)15(18-4)20-19-11-7-5-6-10(17)8-11/h5-9,19H,1-3H3/b20-15-. The third-order valence-electron chi connectivity index (χ3n) is 2.91. The molecule has 0 saturated heterocycles. The van der Waals surface area contributed by atoms with Gasteiger partial charge in [0.25, 0.3) is 0 Å². The largest absolute Gasteiger partial charge is 0.360 e. The molecule has 0 spiro atoms. The number of anilines is 1. The number of benzene rings is 1. The van der Waals surface area contributed by atoms with Gasteiger partial charge >= 0.3 is 5.84 Å². The van der Waals surface area contributed by atoms with Gasteiger partial charge in [0.2, 0.25) is 5.78 Å². The van der Waals surface area contributed by atoms with Gasteiger partial charge in [-0.15, -0.1) is 0 Å². The van der Waals surface area contributed by atoms with Crippen LogP contribution in [0, 0.1) is 6.57 Å². The summed E-state index contributed by atoms with van der Waals surface area (Å²) >= 11 is 5.86. The first-order valence-corrected chi connectivity index (χ1v) is 7.17. The number of carbonyl (C=O) groups excluding carboxylic acids is 1. The zero-order valence-corrected chi connectivity index (χ0v) is 13.7. The molecule has 0 amide bonds. The Kier molecular flexibility index (Phi) is 4.82. The van der Waals surface area contributed by atoms with E-state index in [1.54, 1.807) is 24.3 Å². The fraction of sp³-hybridized carbons (Fsp3) is 0.250. The number of Topliss-reactive ketones (excluding diaryl/α,β-unsaturated/α-hetero) is 1. The van der Waals surface area contributed by atoms with Gasteiger partial charge in [0.15, 0.2) is 0 Å². The summed E-state index contributed by atoms with van der Waals surface area (Å²) < 4.78 is 5.16. The number of hydrogen-bond acceptors (Lipinski definition) is 5. The van der Waals surface area contributed by atoms with Crippen LogP contribution < -0.4 is 5.43 Å². The second-order valence-corrected chi connectivity index (χ2v) is 6.26. The van der Waals surface area contributed by atoms with Gasteiger partial charge in [-0.3, -0.25) is 4.79 Å². The average Bonchev–Trinajstić information content (AvgIpc) is 2.97. The van der Waals surface area contributed by atoms with Gasteiger partial charge in [0.05, 0.1) is 5.69 Å². The third-order valence-corrected chi connectivity index (χ3v) is 3.14. The molecule has 1 heterocycles. The van der Waals surface area contributed by atoms with Crippen molar-refractivity contribution in [2.24, 2.45) is 5.10 Å². The molecule has 1 N–H and O–H groups in total. The molecule has 1 aromatic heterocycles. The van der Waals surface area contributed by atoms with Crippen molar-refractivity contribution in [1.29, 1.82) is 0 Å². The summed E-state index contributed by atoms with van der Waals surface area (Å²) in [6.07, 6.45) is 0. The first-order valence-electron chi connectivity index (χ1n) is 6.80. The number of hydrogen-bond donors (Lipinski definition) is 1. The number of nitrogens with zero attached hydrogens (tertiary/aromatic N) is 3. The minimum absolute atomic E-state index is 0.0533. The van der Waals surface area contributed by atoms with E-state index >= 15 is 0 Å². The third kappa shape index (κ3) is 4.18. The molecule has 0 fully saturated rings. The first kappa shape index (κ1) is 16.7. The quantitative estimate of drug-likeness (QED) is 0.300. The number of hydrazone groups is 1. The zero-order valence-electron chi connectivity index (χ0n) is 12.9. The van der Waals surface area contributed by atoms with E-state index < -0.39 is 5.78 Å². The van der Waals surface area contributed by atoms with Crippen molar-refractivity contribution >= 4 is 28.9 Å². The van der Waals surface area contributed by atoms with Crippen molar-refractivity contribution in [3.05, 3.63) is 58.2 Å². The predicted molar refractivity (Wildman–Crippen MR) is 88.6 cm³/mol. The van der Waals surface area contributed by atoms with Crippen molar-refractivity contribution in [1.82, 2.24) is 5.16 Å². The van der Waals surface area contributed by atoms with Crippen LogP contribution in [0.1, 0.15) is 37.0 Å². The highest BCUT2D eigenvalue weighted by Crippen LogP contribution is 2.23. The minimum atomic E-state index is -0.603. The number of amidine groups is 1. The number of nitrogens with one attached hydrogen (secondary N) is 1. The Morgan fingerprint density at radius 2 is 2.13 bits per heavy atom. The Morgan fingerprint density at radius 3 is 2.70 bits per heavy atom. The average molecular weight is 331 g/mol. The van der Waals surface area contributed by atoms with Gasteiger partial charge < -0.3 is 9.37 Å². The summed E-state index contributed by atoms with van der Waals surface area (Å²) in [5, 5.41) is 8.07. The maximum absolute atomic E-state index is 12.3. The van der Waals surface area contributed by atoms with Crippen LogP contribution in [-0.4, -0.2) is 16.8 Å². The monoisotopic (exact) mass is 330 g/mol. The predicted octanol–water partition coefficient (Wildman–Crippen LogP) is 4.15. The van der Waals surface area contributed by atoms with E-state index in [0.717, 1.165) is 0 Å². The Morgan fingerprint density at radius 1 is 1.39 bits per heavy atom. The fourth-order valence-electron chi connectivity index (χ4n) is 1.65. The molecule has 2 aromatic rings. The van der Waals surface area contributed by atoms with Crippen LogP contribution in [0.3, 0.4) is 0 Å². The van der Waals surface area contributed by atoms with Crippen LogP contribution in [0.5, 0.6) is 0 Å². The molecular weight excluding hydrogens is 316 g/mol. The first-order chi connectivity index (χ1) is 10.8. The van der Waals surface area contributed by atoms with Crippen LogP contribution in [0.4, 0.5) is 5.69 Å². The van der Waals surface area contributed by atoms with Crippen LogP contribution in [0.2, 0.25) is 5.02 Å². The van der Waals surface area contributed by atoms with E-state index in [0.29, 0.717) is 16.5 Å². The lowest BCUT2D eigenvalue weighted by Gasteiger charge is -2.11. The SMILES string of the molecule is [C-]#[N+]/C(=N\Nc1cccc(Cl)c1)C(=O)c1cc(C(C)(C)C)on1. The number of aromatic nitrogens is 1. The minimum Gasteiger partial charge on any atom is -0.360 e. The maximum Gasteiger partial charge on any atom is 0.343 e. The Labute approximate surface area is 138 Å². The van der Waals surface area contributed by atoms with Gasteiger partial charge in [0, 0.05) is 16.5 Å². The van der Waals surface area contributed by atoms with Gasteiger partial charge in [0.1, 0.15) is 11.5 Å². The van der Waals surface area contributed by atoms with E-state index in [1.165, 1.54) is 6.07 Å². The molecule has 6 nitrogen and oxygen atoms in total. The van der Waals surface area contributed by atoms with Crippen LogP contribution in [0.25, 0.3) is 4.85 Å². The van der Waals surface area contributed by atoms with E-state index in [4.69, 9.17) is 22.7 Å². The number of carbonyl (C=O) groups is 1. The summed E-state index contributed by atoms with van der Waals surface area (Å²) in [5.74, 6) is -0.375. The summed E-state index contributed by atoms with van der Waals surface area (Å²) in [6, 6.07) is 8.32. The van der Waals surface area contributed by atoms with Crippen LogP contribution in [0.15, 0.2) is 40.0 Å². The summed E-state index contributed by atoms with van der Waals surface area (Å²) in [6.45, 7) is 12.9. The number of rotatable bonds is 4. The molecular formula is C16H15ClN4O2. The second kappa shape index (κ2) is 6.63. The van der Waals surface area contributed by atoms with Gasteiger partial charge in [-0.25, -0.2) is 5.43 Å².